The van der Waals surface area contributed by atoms with Crippen LogP contribution in [-0.4, -0.2) is 78.7 Å². The number of aliphatic hydroxyl groups excluding tert-OH is 1. The lowest BCUT2D eigenvalue weighted by molar-refractivity contribution is -0.170. The number of hydrogen-bond acceptors (Lipinski definition) is 7. The van der Waals surface area contributed by atoms with Gasteiger partial charge in [0.15, 0.2) is 5.60 Å². The molecular formula is C38H49NO9. The molecule has 10 nitrogen and oxygen atoms in total. The number of hydrogen-bond donors (Lipinski definition) is 6. The highest BCUT2D eigenvalue weighted by atomic mass is 16.4. The molecule has 0 radical (unpaired) electrons. The van der Waals surface area contributed by atoms with Crippen LogP contribution in [0.3, 0.4) is 0 Å². The van der Waals surface area contributed by atoms with Crippen molar-refractivity contribution in [2.75, 3.05) is 19.6 Å². The van der Waals surface area contributed by atoms with Gasteiger partial charge in [0.2, 0.25) is 0 Å². The van der Waals surface area contributed by atoms with Crippen molar-refractivity contribution in [1.29, 1.82) is 0 Å². The molecule has 10 heteroatoms. The maximum absolute atomic E-state index is 12.1. The Morgan fingerprint density at radius 2 is 1.19 bits per heavy atom. The van der Waals surface area contributed by atoms with Crippen LogP contribution >= 0.6 is 0 Å². The second-order valence-corrected chi connectivity index (χ2v) is 13.6. The molecule has 0 saturated carbocycles. The highest BCUT2D eigenvalue weighted by Gasteiger charge is 2.42. The largest absolute Gasteiger partial charge is 0.481 e. The average Bonchev–Trinajstić information content (AvgIpc) is 3.04. The van der Waals surface area contributed by atoms with Crippen LogP contribution in [0.15, 0.2) is 84.9 Å². The maximum Gasteiger partial charge on any atom is 0.336 e. The zero-order valence-corrected chi connectivity index (χ0v) is 28.0. The summed E-state index contributed by atoms with van der Waals surface area (Å²) in [6.45, 7) is 9.57. The lowest BCUT2D eigenvalue weighted by atomic mass is 9.72. The van der Waals surface area contributed by atoms with Crippen molar-refractivity contribution in [3.8, 4) is 0 Å². The smallest absolute Gasteiger partial charge is 0.336 e. The number of aliphatic carboxylic acids is 3. The lowest BCUT2D eigenvalue weighted by Crippen LogP contribution is -2.44. The van der Waals surface area contributed by atoms with E-state index in [1.54, 1.807) is 0 Å². The molecule has 1 fully saturated rings. The van der Waals surface area contributed by atoms with Gasteiger partial charge in [0, 0.05) is 0 Å². The van der Waals surface area contributed by atoms with E-state index in [1.165, 1.54) is 5.56 Å². The van der Waals surface area contributed by atoms with E-state index in [2.05, 4.69) is 74.2 Å². The first kappa shape index (κ1) is 38.4. The second-order valence-electron chi connectivity index (χ2n) is 13.6. The fraction of sp³-hybridized carbons (Fsp3) is 0.447. The summed E-state index contributed by atoms with van der Waals surface area (Å²) in [5.41, 5.74) is 0.676. The van der Waals surface area contributed by atoms with Crippen LogP contribution in [0.25, 0.3) is 0 Å². The highest BCUT2D eigenvalue weighted by Crippen LogP contribution is 2.42. The van der Waals surface area contributed by atoms with E-state index < -0.39 is 48.1 Å². The lowest BCUT2D eigenvalue weighted by Gasteiger charge is -2.42. The molecule has 3 aromatic rings. The Bertz CT molecular complexity index is 1410. The van der Waals surface area contributed by atoms with E-state index in [4.69, 9.17) is 20.4 Å². The van der Waals surface area contributed by atoms with E-state index in [-0.39, 0.29) is 11.3 Å². The summed E-state index contributed by atoms with van der Waals surface area (Å²) in [5, 5.41) is 56.6. The molecule has 0 bridgehead atoms. The molecule has 1 aliphatic rings. The van der Waals surface area contributed by atoms with Crippen molar-refractivity contribution in [2.24, 2.45) is 5.92 Å². The van der Waals surface area contributed by atoms with E-state index in [9.17, 15) is 24.6 Å². The summed E-state index contributed by atoms with van der Waals surface area (Å²) in [6.07, 6.45) is 0.946. The summed E-state index contributed by atoms with van der Waals surface area (Å²) in [6, 6.07) is 28.7. The first-order valence-corrected chi connectivity index (χ1v) is 16.3. The van der Waals surface area contributed by atoms with E-state index in [0.717, 1.165) is 62.0 Å². The van der Waals surface area contributed by atoms with Gasteiger partial charge in [-0.2, -0.15) is 0 Å². The number of rotatable bonds is 13. The first-order valence-electron chi connectivity index (χ1n) is 16.3. The quantitative estimate of drug-likeness (QED) is 0.143. The van der Waals surface area contributed by atoms with E-state index in [1.807, 2.05) is 36.4 Å². The van der Waals surface area contributed by atoms with Crippen molar-refractivity contribution in [3.63, 3.8) is 0 Å². The predicted octanol–water partition coefficient (Wildman–Crippen LogP) is 5.20. The van der Waals surface area contributed by atoms with Gasteiger partial charge in [-0.25, -0.2) is 4.79 Å². The maximum atomic E-state index is 12.1. The Kier molecular flexibility index (Phi) is 13.5. The molecule has 260 valence electrons. The minimum Gasteiger partial charge on any atom is -0.481 e. The van der Waals surface area contributed by atoms with Crippen molar-refractivity contribution in [1.82, 2.24) is 4.90 Å². The van der Waals surface area contributed by atoms with Gasteiger partial charge in [-0.15, -0.1) is 0 Å². The van der Waals surface area contributed by atoms with Crippen LogP contribution < -0.4 is 0 Å². The molecule has 1 atom stereocenters. The van der Waals surface area contributed by atoms with Crippen LogP contribution in [0.1, 0.15) is 87.7 Å². The molecule has 1 heterocycles. The molecule has 0 amide bonds. The van der Waals surface area contributed by atoms with Crippen molar-refractivity contribution >= 4 is 17.9 Å². The summed E-state index contributed by atoms with van der Waals surface area (Å²) in [5.74, 6) is -4.84. The number of piperidine rings is 1. The molecule has 0 aliphatic carbocycles. The Hall–Kier alpha value is -4.09. The Morgan fingerprint density at radius 3 is 1.58 bits per heavy atom. The molecule has 3 aromatic carbocycles. The van der Waals surface area contributed by atoms with Gasteiger partial charge in [-0.1, -0.05) is 106 Å². The Labute approximate surface area is 282 Å². The standard InChI is InChI=1S/C32H41NO2.C6H8O7/c1-31(2,3)26-18-16-25(17-19-26)30(34)15-10-22-33-23-20-29(21-24-33)32(35,27-11-6-4-7-12-27)28-13-8-5-9-14-28;7-3(8)1-6(13,5(11)12)2-4(9)10/h4-9,11-14,16-19,29-30,34-35H,10,15,20-24H2,1-3H3;13H,1-2H2,(H,7,8)(H,9,10)(H,11,12). The van der Waals surface area contributed by atoms with Gasteiger partial charge in [-0.3, -0.25) is 9.59 Å². The number of carboxylic acid groups (broad SMARTS) is 3. The number of likely N-dealkylation sites (tertiary alicyclic amines) is 1. The molecule has 4 rings (SSSR count). The molecule has 48 heavy (non-hydrogen) atoms. The summed E-state index contributed by atoms with van der Waals surface area (Å²) < 4.78 is 0. The van der Waals surface area contributed by atoms with Crippen LogP contribution in [-0.2, 0) is 25.4 Å². The third-order valence-corrected chi connectivity index (χ3v) is 9.01. The molecule has 1 saturated heterocycles. The summed E-state index contributed by atoms with van der Waals surface area (Å²) in [4.78, 5) is 33.0. The number of nitrogens with zero attached hydrogens (tertiary/aromatic N) is 1. The normalized spacial score (nSPS) is 15.2. The van der Waals surface area contributed by atoms with Crippen LogP contribution in [0.2, 0.25) is 0 Å². The first-order chi connectivity index (χ1) is 22.6. The molecule has 0 spiro atoms. The fourth-order valence-corrected chi connectivity index (χ4v) is 6.19. The third kappa shape index (κ3) is 10.5. The van der Waals surface area contributed by atoms with E-state index in [0.29, 0.717) is 0 Å². The van der Waals surface area contributed by atoms with Crippen LogP contribution in [0.5, 0.6) is 0 Å². The van der Waals surface area contributed by atoms with Gasteiger partial charge in [-0.05, 0) is 78.9 Å². The highest BCUT2D eigenvalue weighted by molar-refractivity contribution is 5.88. The molecule has 0 aromatic heterocycles. The topological polar surface area (TPSA) is 176 Å². The van der Waals surface area contributed by atoms with Crippen LogP contribution in [0.4, 0.5) is 0 Å². The van der Waals surface area contributed by atoms with Gasteiger partial charge >= 0.3 is 17.9 Å². The number of carboxylic acids is 3. The minimum atomic E-state index is -2.74. The summed E-state index contributed by atoms with van der Waals surface area (Å²) in [7, 11) is 0. The van der Waals surface area contributed by atoms with E-state index >= 15 is 0 Å². The number of benzene rings is 3. The molecule has 1 unspecified atom stereocenters. The van der Waals surface area contributed by atoms with Crippen molar-refractivity contribution < 1.29 is 45.0 Å². The zero-order chi connectivity index (χ0) is 35.5. The summed E-state index contributed by atoms with van der Waals surface area (Å²) >= 11 is 0. The average molecular weight is 664 g/mol. The minimum absolute atomic E-state index is 0.128. The Balaban J connectivity index is 0.000000408. The third-order valence-electron chi connectivity index (χ3n) is 9.01. The van der Waals surface area contributed by atoms with Gasteiger partial charge < -0.3 is 35.5 Å². The SMILES string of the molecule is CC(C)(C)c1ccc(C(O)CCCN2CCC(C(O)(c3ccccc3)c3ccccc3)CC2)cc1.O=C(O)CC(O)(CC(=O)O)C(=O)O. The Morgan fingerprint density at radius 1 is 0.729 bits per heavy atom. The second kappa shape index (κ2) is 16.8. The predicted molar refractivity (Wildman–Crippen MR) is 181 cm³/mol. The van der Waals surface area contributed by atoms with Crippen LogP contribution in [0, 0.1) is 5.92 Å². The number of aliphatic hydroxyl groups is 3. The van der Waals surface area contributed by atoms with Gasteiger partial charge in [0.1, 0.15) is 5.60 Å². The zero-order valence-electron chi connectivity index (χ0n) is 28.0. The van der Waals surface area contributed by atoms with Gasteiger partial charge in [0.05, 0.1) is 18.9 Å². The van der Waals surface area contributed by atoms with Crippen molar-refractivity contribution in [2.45, 2.75) is 82.0 Å². The molecule has 6 N–H and O–H groups in total. The number of carbonyl (C=O) groups is 3. The fourth-order valence-electron chi connectivity index (χ4n) is 6.19. The van der Waals surface area contributed by atoms with Gasteiger partial charge in [0.25, 0.3) is 0 Å². The monoisotopic (exact) mass is 663 g/mol. The van der Waals surface area contributed by atoms with Crippen molar-refractivity contribution in [3.05, 3.63) is 107 Å². The molecular weight excluding hydrogens is 614 g/mol. The molecule has 1 aliphatic heterocycles.